The number of esters is 1. The first-order valence-corrected chi connectivity index (χ1v) is 7.72. The minimum absolute atomic E-state index is 0.318. The number of benzene rings is 1. The summed E-state index contributed by atoms with van der Waals surface area (Å²) < 4.78 is 6.36. The number of hydrogen-bond donors (Lipinski definition) is 2. The van der Waals surface area contributed by atoms with Crippen molar-refractivity contribution in [3.8, 4) is 11.4 Å². The van der Waals surface area contributed by atoms with Gasteiger partial charge in [0.15, 0.2) is 5.65 Å². The number of H-pyrrole nitrogens is 1. The van der Waals surface area contributed by atoms with Crippen LogP contribution in [0.4, 0.5) is 5.82 Å². The van der Waals surface area contributed by atoms with Gasteiger partial charge in [-0.15, -0.1) is 0 Å². The largest absolute Gasteiger partial charge is 0.465 e. The van der Waals surface area contributed by atoms with Gasteiger partial charge in [0.25, 0.3) is 0 Å². The summed E-state index contributed by atoms with van der Waals surface area (Å²) in [7, 11) is 3.10. The van der Waals surface area contributed by atoms with Crippen molar-refractivity contribution in [2.45, 2.75) is 0 Å². The number of nitrogens with two attached hydrogens (primary N) is 1. The quantitative estimate of drug-likeness (QED) is 0.534. The molecule has 4 rings (SSSR count). The van der Waals surface area contributed by atoms with Crippen molar-refractivity contribution < 1.29 is 9.53 Å². The first-order valence-electron chi connectivity index (χ1n) is 7.34. The van der Waals surface area contributed by atoms with E-state index in [-0.39, 0.29) is 0 Å². The van der Waals surface area contributed by atoms with Gasteiger partial charge >= 0.3 is 5.97 Å². The normalized spacial score (nSPS) is 11.3. The number of carbonyl (C=O) groups is 1. The molecule has 4 aromatic rings. The second kappa shape index (κ2) is 5.45. The number of nitrogen functional groups attached to an aromatic ring is 1. The van der Waals surface area contributed by atoms with Gasteiger partial charge in [-0.3, -0.25) is 0 Å². The van der Waals surface area contributed by atoms with Gasteiger partial charge in [0.05, 0.1) is 28.8 Å². The molecule has 0 saturated carbocycles. The van der Waals surface area contributed by atoms with Crippen molar-refractivity contribution >= 4 is 45.3 Å². The molecule has 3 aromatic heterocycles. The Morgan fingerprint density at radius 2 is 2.16 bits per heavy atom. The zero-order valence-corrected chi connectivity index (χ0v) is 14.1. The summed E-state index contributed by atoms with van der Waals surface area (Å²) in [5.41, 5.74) is 8.87. The molecular formula is C16H13ClN6O2. The number of nitrogens with zero attached hydrogens (tertiary/aromatic N) is 4. The third-order valence-corrected chi connectivity index (χ3v) is 4.44. The Kier molecular flexibility index (Phi) is 3.36. The number of nitrogens with one attached hydrogen (secondary N) is 1. The van der Waals surface area contributed by atoms with Crippen molar-refractivity contribution in [1.29, 1.82) is 0 Å². The number of hydrogen-bond acceptors (Lipinski definition) is 6. The maximum absolute atomic E-state index is 11.7. The molecule has 25 heavy (non-hydrogen) atoms. The van der Waals surface area contributed by atoms with Crippen LogP contribution < -0.4 is 5.73 Å². The van der Waals surface area contributed by atoms with Gasteiger partial charge in [0, 0.05) is 18.0 Å². The van der Waals surface area contributed by atoms with Crippen LogP contribution in [0.25, 0.3) is 33.3 Å². The van der Waals surface area contributed by atoms with E-state index in [4.69, 9.17) is 22.1 Å². The van der Waals surface area contributed by atoms with Crippen LogP contribution in [0.2, 0.25) is 5.02 Å². The predicted molar refractivity (Wildman–Crippen MR) is 94.4 cm³/mol. The molecule has 0 saturated heterocycles. The van der Waals surface area contributed by atoms with Crippen molar-refractivity contribution in [2.75, 3.05) is 12.8 Å². The zero-order valence-electron chi connectivity index (χ0n) is 13.4. The number of halogens is 1. The number of anilines is 1. The van der Waals surface area contributed by atoms with Gasteiger partial charge < -0.3 is 15.5 Å². The Hall–Kier alpha value is -3.13. The van der Waals surface area contributed by atoms with Crippen molar-refractivity contribution in [3.05, 3.63) is 35.1 Å². The van der Waals surface area contributed by atoms with Gasteiger partial charge in [0.1, 0.15) is 17.8 Å². The molecule has 0 aliphatic carbocycles. The first-order chi connectivity index (χ1) is 12.0. The molecule has 0 spiro atoms. The maximum atomic E-state index is 11.7. The summed E-state index contributed by atoms with van der Waals surface area (Å²) in [4.78, 5) is 23.2. The minimum atomic E-state index is -0.421. The Morgan fingerprint density at radius 1 is 1.36 bits per heavy atom. The van der Waals surface area contributed by atoms with E-state index in [9.17, 15) is 4.79 Å². The van der Waals surface area contributed by atoms with Crippen molar-refractivity contribution in [3.63, 3.8) is 0 Å². The summed E-state index contributed by atoms with van der Waals surface area (Å²) in [6, 6.07) is 5.10. The second-order valence-electron chi connectivity index (χ2n) is 5.50. The third kappa shape index (κ3) is 2.22. The standard InChI is InChI=1S/C16H13ClN6O2/c1-23-15-10(14(18)19-6-20-15)12(22-23)13-11(17)8-4-3-7(16(24)25-2)5-9(8)21-13/h3-6,21H,1-2H3,(H2,18,19,20). The summed E-state index contributed by atoms with van der Waals surface area (Å²) in [5, 5.41) is 6.34. The van der Waals surface area contributed by atoms with Gasteiger partial charge in [-0.1, -0.05) is 17.7 Å². The van der Waals surface area contributed by atoms with Crippen molar-refractivity contribution in [2.24, 2.45) is 7.05 Å². The number of carbonyl (C=O) groups excluding carboxylic acids is 1. The topological polar surface area (TPSA) is 112 Å². The summed E-state index contributed by atoms with van der Waals surface area (Å²) in [6.45, 7) is 0. The average Bonchev–Trinajstić information content (AvgIpc) is 3.12. The Balaban J connectivity index is 1.99. The van der Waals surface area contributed by atoms with E-state index in [1.807, 2.05) is 0 Å². The summed E-state index contributed by atoms with van der Waals surface area (Å²) in [5.74, 6) is -0.104. The van der Waals surface area contributed by atoms with Gasteiger partial charge in [-0.2, -0.15) is 5.10 Å². The number of aromatic amines is 1. The molecule has 0 aliphatic heterocycles. The van der Waals surface area contributed by atoms with E-state index in [0.717, 1.165) is 5.39 Å². The second-order valence-corrected chi connectivity index (χ2v) is 5.87. The number of aromatic nitrogens is 5. The molecule has 0 fully saturated rings. The fraction of sp³-hybridized carbons (Fsp3) is 0.125. The monoisotopic (exact) mass is 356 g/mol. The molecule has 0 radical (unpaired) electrons. The van der Waals surface area contributed by atoms with Gasteiger partial charge in [0.2, 0.25) is 0 Å². The molecule has 0 unspecified atom stereocenters. The zero-order chi connectivity index (χ0) is 17.7. The van der Waals surface area contributed by atoms with Crippen LogP contribution in [0.3, 0.4) is 0 Å². The van der Waals surface area contributed by atoms with Crippen LogP contribution in [-0.2, 0) is 11.8 Å². The highest BCUT2D eigenvalue weighted by Crippen LogP contribution is 2.38. The minimum Gasteiger partial charge on any atom is -0.465 e. The van der Waals surface area contributed by atoms with Crippen LogP contribution in [0.15, 0.2) is 24.5 Å². The maximum Gasteiger partial charge on any atom is 0.337 e. The molecular weight excluding hydrogens is 344 g/mol. The molecule has 0 bridgehead atoms. The Labute approximate surface area is 146 Å². The lowest BCUT2D eigenvalue weighted by atomic mass is 10.1. The van der Waals surface area contributed by atoms with E-state index in [1.54, 1.807) is 29.9 Å². The fourth-order valence-corrected chi connectivity index (χ4v) is 3.16. The average molecular weight is 357 g/mol. The Bertz CT molecular complexity index is 1150. The van der Waals surface area contributed by atoms with Gasteiger partial charge in [-0.05, 0) is 12.1 Å². The molecule has 0 amide bonds. The molecule has 9 heteroatoms. The summed E-state index contributed by atoms with van der Waals surface area (Å²) in [6.07, 6.45) is 1.39. The van der Waals surface area contributed by atoms with E-state index in [2.05, 4.69) is 20.1 Å². The Morgan fingerprint density at radius 3 is 2.92 bits per heavy atom. The van der Waals surface area contributed by atoms with E-state index in [0.29, 0.717) is 44.3 Å². The van der Waals surface area contributed by atoms with E-state index >= 15 is 0 Å². The van der Waals surface area contributed by atoms with Gasteiger partial charge in [-0.25, -0.2) is 19.4 Å². The number of rotatable bonds is 2. The number of methoxy groups -OCH3 is 1. The lowest BCUT2D eigenvalue weighted by molar-refractivity contribution is 0.0601. The van der Waals surface area contributed by atoms with Crippen LogP contribution in [0.1, 0.15) is 10.4 Å². The molecule has 0 aliphatic rings. The van der Waals surface area contributed by atoms with E-state index < -0.39 is 5.97 Å². The lowest BCUT2D eigenvalue weighted by Crippen LogP contribution is -2.00. The fourth-order valence-electron chi connectivity index (χ4n) is 2.86. The third-order valence-electron chi connectivity index (χ3n) is 4.04. The molecule has 3 heterocycles. The molecule has 126 valence electrons. The smallest absolute Gasteiger partial charge is 0.337 e. The van der Waals surface area contributed by atoms with Crippen molar-refractivity contribution in [1.82, 2.24) is 24.7 Å². The highest BCUT2D eigenvalue weighted by atomic mass is 35.5. The first kappa shape index (κ1) is 15.4. The van der Waals surface area contributed by atoms with Crippen LogP contribution in [0.5, 0.6) is 0 Å². The predicted octanol–water partition coefficient (Wildman–Crippen LogP) is 2.53. The number of ether oxygens (including phenoxy) is 1. The number of aryl methyl sites for hydroxylation is 1. The highest BCUT2D eigenvalue weighted by molar-refractivity contribution is 6.38. The molecule has 8 nitrogen and oxygen atoms in total. The SMILES string of the molecule is COC(=O)c1ccc2c(Cl)c(-c3nn(C)c4ncnc(N)c34)[nH]c2c1. The summed E-state index contributed by atoms with van der Waals surface area (Å²) >= 11 is 6.54. The molecule has 0 atom stereocenters. The number of fused-ring (bicyclic) bond motifs is 2. The molecule has 1 aromatic carbocycles. The highest BCUT2D eigenvalue weighted by Gasteiger charge is 2.21. The van der Waals surface area contributed by atoms with Crippen LogP contribution in [0, 0.1) is 0 Å². The van der Waals surface area contributed by atoms with E-state index in [1.165, 1.54) is 13.4 Å². The lowest BCUT2D eigenvalue weighted by Gasteiger charge is -1.98. The van der Waals surface area contributed by atoms with Crippen LogP contribution in [-0.4, -0.2) is 37.8 Å². The van der Waals surface area contributed by atoms with Crippen LogP contribution >= 0.6 is 11.6 Å². The molecule has 3 N–H and O–H groups in total.